The minimum absolute atomic E-state index is 0.0212. The monoisotopic (exact) mass is 518 g/mol. The second-order valence-electron chi connectivity index (χ2n) is 9.47. The summed E-state index contributed by atoms with van der Waals surface area (Å²) in [5.74, 6) is -0.0380. The zero-order valence-corrected chi connectivity index (χ0v) is 21.9. The molecule has 0 bridgehead atoms. The minimum atomic E-state index is -0.376. The van der Waals surface area contributed by atoms with Gasteiger partial charge in [0.15, 0.2) is 0 Å². The van der Waals surface area contributed by atoms with Crippen LogP contribution in [0.25, 0.3) is 0 Å². The fourth-order valence-corrected chi connectivity index (χ4v) is 4.75. The molecule has 38 heavy (non-hydrogen) atoms. The topological polar surface area (TPSA) is 66.0 Å². The third-order valence-corrected chi connectivity index (χ3v) is 6.63. The van der Waals surface area contributed by atoms with Crippen molar-refractivity contribution in [1.29, 1.82) is 0 Å². The summed E-state index contributed by atoms with van der Waals surface area (Å²) in [6.45, 7) is 5.66. The molecule has 200 valence electrons. The number of benzene rings is 2. The molecule has 0 spiro atoms. The lowest BCUT2D eigenvalue weighted by molar-refractivity contribution is -0.132. The van der Waals surface area contributed by atoms with Gasteiger partial charge >= 0.3 is 0 Å². The van der Waals surface area contributed by atoms with Crippen LogP contribution in [0, 0.1) is 5.82 Å². The largest absolute Gasteiger partial charge is 0.493 e. The molecule has 8 heteroatoms. The molecule has 2 amide bonds. The van der Waals surface area contributed by atoms with Crippen molar-refractivity contribution in [3.05, 3.63) is 90.0 Å². The van der Waals surface area contributed by atoms with E-state index in [2.05, 4.69) is 9.88 Å². The predicted octanol–water partition coefficient (Wildman–Crippen LogP) is 4.67. The van der Waals surface area contributed by atoms with Gasteiger partial charge in [-0.1, -0.05) is 30.3 Å². The number of fused-ring (bicyclic) bond motifs is 1. The molecule has 0 aliphatic carbocycles. The van der Waals surface area contributed by atoms with Crippen LogP contribution in [0.2, 0.25) is 0 Å². The van der Waals surface area contributed by atoms with E-state index in [4.69, 9.17) is 4.74 Å². The highest BCUT2D eigenvalue weighted by atomic mass is 19.1. The highest BCUT2D eigenvalue weighted by Crippen LogP contribution is 2.24. The Labute approximate surface area is 223 Å². The van der Waals surface area contributed by atoms with Crippen LogP contribution in [-0.4, -0.2) is 59.4 Å². The van der Waals surface area contributed by atoms with Gasteiger partial charge in [-0.3, -0.25) is 19.5 Å². The normalized spacial score (nSPS) is 15.2. The smallest absolute Gasteiger partial charge is 0.226 e. The Balaban J connectivity index is 1.50. The van der Waals surface area contributed by atoms with Crippen molar-refractivity contribution in [3.8, 4) is 5.75 Å². The maximum Gasteiger partial charge on any atom is 0.226 e. The molecule has 0 saturated heterocycles. The van der Waals surface area contributed by atoms with Gasteiger partial charge in [0.1, 0.15) is 11.6 Å². The lowest BCUT2D eigenvalue weighted by Gasteiger charge is -2.31. The molecule has 3 aromatic rings. The third kappa shape index (κ3) is 7.86. The number of anilines is 1. The molecule has 0 atom stereocenters. The van der Waals surface area contributed by atoms with Gasteiger partial charge in [0, 0.05) is 64.1 Å². The number of amides is 2. The number of pyridine rings is 1. The van der Waals surface area contributed by atoms with Gasteiger partial charge < -0.3 is 14.5 Å². The molecular weight excluding hydrogens is 483 g/mol. The fourth-order valence-electron chi connectivity index (χ4n) is 4.75. The van der Waals surface area contributed by atoms with Gasteiger partial charge in [-0.25, -0.2) is 4.39 Å². The Bertz CT molecular complexity index is 1210. The van der Waals surface area contributed by atoms with Crippen LogP contribution in [-0.2, 0) is 22.7 Å². The molecule has 4 rings (SSSR count). The van der Waals surface area contributed by atoms with E-state index in [9.17, 15) is 14.0 Å². The van der Waals surface area contributed by atoms with E-state index in [1.807, 2.05) is 52.3 Å². The summed E-state index contributed by atoms with van der Waals surface area (Å²) in [5, 5.41) is 0. The highest BCUT2D eigenvalue weighted by Gasteiger charge is 2.21. The second kappa shape index (κ2) is 13.7. The molecule has 1 aromatic heterocycles. The van der Waals surface area contributed by atoms with E-state index >= 15 is 0 Å². The number of carbonyl (C=O) groups is 2. The minimum Gasteiger partial charge on any atom is -0.493 e. The number of rotatable bonds is 6. The van der Waals surface area contributed by atoms with Gasteiger partial charge in [0.05, 0.1) is 18.7 Å². The summed E-state index contributed by atoms with van der Waals surface area (Å²) in [4.78, 5) is 36.4. The molecule has 0 saturated carbocycles. The molecule has 1 aliphatic heterocycles. The Kier molecular flexibility index (Phi) is 9.81. The summed E-state index contributed by atoms with van der Waals surface area (Å²) < 4.78 is 19.1. The first-order valence-corrected chi connectivity index (χ1v) is 13.1. The van der Waals surface area contributed by atoms with Gasteiger partial charge in [-0.2, -0.15) is 0 Å². The predicted molar refractivity (Wildman–Crippen MR) is 145 cm³/mol. The van der Waals surface area contributed by atoms with Crippen LogP contribution >= 0.6 is 0 Å². The van der Waals surface area contributed by atoms with Gasteiger partial charge in [0.25, 0.3) is 0 Å². The zero-order valence-electron chi connectivity index (χ0n) is 21.9. The van der Waals surface area contributed by atoms with Crippen LogP contribution in [0.5, 0.6) is 5.75 Å². The Morgan fingerprint density at radius 3 is 2.50 bits per heavy atom. The van der Waals surface area contributed by atoms with Crippen molar-refractivity contribution in [2.75, 3.05) is 37.7 Å². The van der Waals surface area contributed by atoms with Gasteiger partial charge in [-0.15, -0.1) is 0 Å². The molecule has 0 fully saturated rings. The van der Waals surface area contributed by atoms with Crippen LogP contribution in [0.3, 0.4) is 0 Å². The number of nitrogens with zero attached hydrogens (tertiary/aromatic N) is 4. The fraction of sp³-hybridized carbons (Fsp3) is 0.367. The summed E-state index contributed by atoms with van der Waals surface area (Å²) in [7, 11) is 0. The number of halogens is 1. The number of hydrogen-bond donors (Lipinski definition) is 0. The number of carbonyl (C=O) groups excluding carboxylic acids is 2. The first-order valence-electron chi connectivity index (χ1n) is 13.1. The molecule has 0 radical (unpaired) electrons. The molecule has 7 nitrogen and oxygen atoms in total. The lowest BCUT2D eigenvalue weighted by Crippen LogP contribution is -2.38. The van der Waals surface area contributed by atoms with Crippen molar-refractivity contribution in [3.63, 3.8) is 0 Å². The number of ether oxygens (including phenoxy) is 1. The molecule has 2 aromatic carbocycles. The summed E-state index contributed by atoms with van der Waals surface area (Å²) in [6.07, 6.45) is 3.61. The standard InChI is InChI=1S/C30H35FN4O3/c1-24(36)35-19-8-17-33(23-27-11-4-5-15-32-27)16-7-18-34(22-25-9-2-3-13-29(25)35)30(37)14-20-38-28-12-6-10-26(31)21-28/h2-6,9-13,15,21H,7-8,14,16-20,22-23H2,1H3. The average Bonchev–Trinajstić information content (AvgIpc) is 2.90. The van der Waals surface area contributed by atoms with Gasteiger partial charge in [-0.05, 0) is 48.7 Å². The highest BCUT2D eigenvalue weighted by molar-refractivity contribution is 5.92. The maximum atomic E-state index is 13.5. The first kappa shape index (κ1) is 27.3. The van der Waals surface area contributed by atoms with Crippen LogP contribution in [0.15, 0.2) is 72.9 Å². The van der Waals surface area contributed by atoms with Crippen molar-refractivity contribution < 1.29 is 18.7 Å². The molecule has 0 unspecified atom stereocenters. The Morgan fingerprint density at radius 1 is 0.947 bits per heavy atom. The molecule has 1 aliphatic rings. The van der Waals surface area contributed by atoms with E-state index in [0.717, 1.165) is 42.9 Å². The van der Waals surface area contributed by atoms with Crippen molar-refractivity contribution in [2.24, 2.45) is 0 Å². The number of aromatic nitrogens is 1. The van der Waals surface area contributed by atoms with E-state index in [0.29, 0.717) is 31.9 Å². The second-order valence-corrected chi connectivity index (χ2v) is 9.47. The molecule has 2 heterocycles. The van der Waals surface area contributed by atoms with Crippen LogP contribution < -0.4 is 9.64 Å². The van der Waals surface area contributed by atoms with Crippen molar-refractivity contribution in [2.45, 2.75) is 39.3 Å². The molecular formula is C30H35FN4O3. The Hall–Kier alpha value is -3.78. The maximum absolute atomic E-state index is 13.5. The van der Waals surface area contributed by atoms with Gasteiger partial charge in [0.2, 0.25) is 11.8 Å². The average molecular weight is 519 g/mol. The molecule has 0 N–H and O–H groups in total. The summed E-state index contributed by atoms with van der Waals surface area (Å²) in [6, 6.07) is 19.6. The van der Waals surface area contributed by atoms with Crippen LogP contribution in [0.1, 0.15) is 37.4 Å². The van der Waals surface area contributed by atoms with Crippen LogP contribution in [0.4, 0.5) is 10.1 Å². The van der Waals surface area contributed by atoms with E-state index in [-0.39, 0.29) is 30.7 Å². The van der Waals surface area contributed by atoms with E-state index in [1.54, 1.807) is 25.3 Å². The van der Waals surface area contributed by atoms with Crippen molar-refractivity contribution >= 4 is 17.5 Å². The zero-order chi connectivity index (χ0) is 26.7. The first-order chi connectivity index (χ1) is 18.5. The summed E-state index contributed by atoms with van der Waals surface area (Å²) >= 11 is 0. The number of para-hydroxylation sites is 1. The number of hydrogen-bond acceptors (Lipinski definition) is 5. The Morgan fingerprint density at radius 2 is 1.74 bits per heavy atom. The lowest BCUT2D eigenvalue weighted by atomic mass is 10.1. The SMILES string of the molecule is CC(=O)N1CCCN(Cc2ccccn2)CCCN(C(=O)CCOc2cccc(F)c2)Cc2ccccc21. The summed E-state index contributed by atoms with van der Waals surface area (Å²) in [5.41, 5.74) is 2.77. The van der Waals surface area contributed by atoms with Crippen molar-refractivity contribution in [1.82, 2.24) is 14.8 Å². The third-order valence-electron chi connectivity index (χ3n) is 6.63. The van der Waals surface area contributed by atoms with E-state index < -0.39 is 0 Å². The van der Waals surface area contributed by atoms with E-state index in [1.165, 1.54) is 12.1 Å². The quantitative estimate of drug-likeness (QED) is 0.475.